The summed E-state index contributed by atoms with van der Waals surface area (Å²) in [5, 5.41) is 0.315. The molecule has 0 spiro atoms. The number of hydrogen-bond donors (Lipinski definition) is 0. The van der Waals surface area contributed by atoms with Gasteiger partial charge in [-0.2, -0.15) is 0 Å². The number of nitrogens with zero attached hydrogens (tertiary/aromatic N) is 2. The van der Waals surface area contributed by atoms with Crippen molar-refractivity contribution in [3.63, 3.8) is 0 Å². The van der Waals surface area contributed by atoms with E-state index in [0.29, 0.717) is 5.28 Å². The van der Waals surface area contributed by atoms with E-state index in [-0.39, 0.29) is 0 Å². The zero-order chi connectivity index (χ0) is 13.5. The summed E-state index contributed by atoms with van der Waals surface area (Å²) in [5.41, 5.74) is 6.64. The van der Waals surface area contributed by atoms with Crippen LogP contribution in [0.2, 0.25) is 5.28 Å². The summed E-state index contributed by atoms with van der Waals surface area (Å²) >= 11 is 6.10. The Labute approximate surface area is 122 Å². The molecular formula is C17H11ClN2. The van der Waals surface area contributed by atoms with Gasteiger partial charge < -0.3 is 0 Å². The van der Waals surface area contributed by atoms with Crippen molar-refractivity contribution in [1.29, 1.82) is 0 Å². The fraction of sp³-hybridized carbons (Fsp3) is 0.0588. The lowest BCUT2D eigenvalue weighted by atomic mass is 10.0. The third kappa shape index (κ3) is 1.73. The Bertz CT molecular complexity index is 797. The highest BCUT2D eigenvalue weighted by atomic mass is 35.5. The molecule has 0 bridgehead atoms. The minimum Gasteiger partial charge on any atom is -0.222 e. The minimum absolute atomic E-state index is 0.315. The van der Waals surface area contributed by atoms with Gasteiger partial charge in [-0.15, -0.1) is 0 Å². The maximum Gasteiger partial charge on any atom is 0.223 e. The van der Waals surface area contributed by atoms with Crippen molar-refractivity contribution < 1.29 is 0 Å². The van der Waals surface area contributed by atoms with E-state index in [9.17, 15) is 0 Å². The second-order valence-corrected chi connectivity index (χ2v) is 5.20. The fourth-order valence-electron chi connectivity index (χ4n) is 2.79. The summed E-state index contributed by atoms with van der Waals surface area (Å²) < 4.78 is 0. The Morgan fingerprint density at radius 3 is 2.45 bits per heavy atom. The Morgan fingerprint density at radius 1 is 0.850 bits per heavy atom. The van der Waals surface area contributed by atoms with Crippen LogP contribution in [0.4, 0.5) is 0 Å². The van der Waals surface area contributed by atoms with E-state index in [0.717, 1.165) is 28.9 Å². The summed E-state index contributed by atoms with van der Waals surface area (Å²) in [7, 11) is 0. The van der Waals surface area contributed by atoms with E-state index in [4.69, 9.17) is 11.6 Å². The van der Waals surface area contributed by atoms with Crippen LogP contribution in [0.15, 0.2) is 54.6 Å². The molecule has 0 unspecified atom stereocenters. The Kier molecular flexibility index (Phi) is 2.57. The molecule has 3 heteroatoms. The Hall–Kier alpha value is -2.19. The molecule has 0 amide bonds. The van der Waals surface area contributed by atoms with Gasteiger partial charge in [-0.1, -0.05) is 54.6 Å². The first-order valence-corrected chi connectivity index (χ1v) is 6.91. The Morgan fingerprint density at radius 2 is 1.60 bits per heavy atom. The van der Waals surface area contributed by atoms with Crippen LogP contribution < -0.4 is 0 Å². The number of hydrogen-bond acceptors (Lipinski definition) is 2. The topological polar surface area (TPSA) is 25.8 Å². The first-order valence-electron chi connectivity index (χ1n) is 6.53. The smallest absolute Gasteiger partial charge is 0.222 e. The normalized spacial score (nSPS) is 12.1. The highest BCUT2D eigenvalue weighted by Crippen LogP contribution is 2.41. The van der Waals surface area contributed by atoms with Crippen LogP contribution in [-0.2, 0) is 6.42 Å². The van der Waals surface area contributed by atoms with Gasteiger partial charge in [0.05, 0.1) is 11.4 Å². The van der Waals surface area contributed by atoms with Crippen LogP contribution in [0.25, 0.3) is 22.4 Å². The van der Waals surface area contributed by atoms with Crippen LogP contribution in [0, 0.1) is 0 Å². The van der Waals surface area contributed by atoms with E-state index in [1.165, 1.54) is 11.1 Å². The summed E-state index contributed by atoms with van der Waals surface area (Å²) in [6.07, 6.45) is 0.827. The van der Waals surface area contributed by atoms with Crippen LogP contribution in [0.3, 0.4) is 0 Å². The molecule has 20 heavy (non-hydrogen) atoms. The van der Waals surface area contributed by atoms with E-state index in [1.807, 2.05) is 18.2 Å². The Balaban J connectivity index is 2.04. The van der Waals surface area contributed by atoms with Gasteiger partial charge in [-0.25, -0.2) is 9.97 Å². The van der Waals surface area contributed by atoms with Crippen molar-refractivity contribution in [2.45, 2.75) is 6.42 Å². The zero-order valence-corrected chi connectivity index (χ0v) is 11.4. The summed E-state index contributed by atoms with van der Waals surface area (Å²) in [5.74, 6) is 0. The highest BCUT2D eigenvalue weighted by molar-refractivity contribution is 6.28. The fourth-order valence-corrected chi connectivity index (χ4v) is 2.98. The molecule has 1 aromatic heterocycles. The lowest BCUT2D eigenvalue weighted by Crippen LogP contribution is -1.95. The molecule has 2 aromatic carbocycles. The van der Waals surface area contributed by atoms with Crippen molar-refractivity contribution in [3.8, 4) is 22.4 Å². The molecule has 0 saturated heterocycles. The molecule has 2 nitrogen and oxygen atoms in total. The van der Waals surface area contributed by atoms with E-state index in [1.54, 1.807) is 0 Å². The molecule has 0 atom stereocenters. The van der Waals surface area contributed by atoms with Gasteiger partial charge in [0.2, 0.25) is 5.28 Å². The third-order valence-electron chi connectivity index (χ3n) is 3.65. The lowest BCUT2D eigenvalue weighted by Gasteiger charge is -2.08. The van der Waals surface area contributed by atoms with Crippen LogP contribution in [-0.4, -0.2) is 9.97 Å². The van der Waals surface area contributed by atoms with Crippen LogP contribution in [0.1, 0.15) is 11.3 Å². The largest absolute Gasteiger partial charge is 0.223 e. The van der Waals surface area contributed by atoms with Gasteiger partial charge in [0.25, 0.3) is 0 Å². The first kappa shape index (κ1) is 11.6. The van der Waals surface area contributed by atoms with Crippen LogP contribution in [0.5, 0.6) is 0 Å². The molecule has 1 heterocycles. The molecule has 4 rings (SSSR count). The molecule has 0 radical (unpaired) electrons. The average Bonchev–Trinajstić information content (AvgIpc) is 2.85. The molecule has 0 N–H and O–H groups in total. The average molecular weight is 279 g/mol. The maximum absolute atomic E-state index is 6.10. The van der Waals surface area contributed by atoms with E-state index >= 15 is 0 Å². The SMILES string of the molecule is Clc1nc2c(c(-c3ccccc3)n1)-c1ccccc1C2. The van der Waals surface area contributed by atoms with Crippen molar-refractivity contribution in [2.24, 2.45) is 0 Å². The molecule has 3 aromatic rings. The predicted octanol–water partition coefficient (Wildman–Crippen LogP) is 4.37. The van der Waals surface area contributed by atoms with E-state index < -0.39 is 0 Å². The van der Waals surface area contributed by atoms with Crippen molar-refractivity contribution in [2.75, 3.05) is 0 Å². The monoisotopic (exact) mass is 278 g/mol. The molecule has 96 valence electrons. The van der Waals surface area contributed by atoms with E-state index in [2.05, 4.69) is 46.4 Å². The lowest BCUT2D eigenvalue weighted by molar-refractivity contribution is 1.07. The van der Waals surface area contributed by atoms with Gasteiger partial charge in [-0.05, 0) is 22.7 Å². The number of aromatic nitrogens is 2. The summed E-state index contributed by atoms with van der Waals surface area (Å²) in [6, 6.07) is 18.5. The first-order chi connectivity index (χ1) is 9.83. The minimum atomic E-state index is 0.315. The van der Waals surface area contributed by atoms with Gasteiger partial charge in [-0.3, -0.25) is 0 Å². The van der Waals surface area contributed by atoms with Gasteiger partial charge in [0.1, 0.15) is 0 Å². The molecular weight excluding hydrogens is 268 g/mol. The summed E-state index contributed by atoms with van der Waals surface area (Å²) in [4.78, 5) is 8.88. The second kappa shape index (κ2) is 4.43. The van der Waals surface area contributed by atoms with Crippen molar-refractivity contribution in [3.05, 3.63) is 71.1 Å². The number of halogens is 1. The van der Waals surface area contributed by atoms with Gasteiger partial charge in [0, 0.05) is 17.5 Å². The third-order valence-corrected chi connectivity index (χ3v) is 3.82. The molecule has 0 aliphatic heterocycles. The predicted molar refractivity (Wildman–Crippen MR) is 80.7 cm³/mol. The molecule has 1 aliphatic rings. The zero-order valence-electron chi connectivity index (χ0n) is 10.7. The van der Waals surface area contributed by atoms with Crippen molar-refractivity contribution >= 4 is 11.6 Å². The quantitative estimate of drug-likeness (QED) is 0.483. The number of fused-ring (bicyclic) bond motifs is 3. The highest BCUT2D eigenvalue weighted by Gasteiger charge is 2.24. The van der Waals surface area contributed by atoms with Gasteiger partial charge in [0.15, 0.2) is 0 Å². The van der Waals surface area contributed by atoms with Crippen LogP contribution >= 0.6 is 11.6 Å². The number of rotatable bonds is 1. The number of benzene rings is 2. The summed E-state index contributed by atoms with van der Waals surface area (Å²) in [6.45, 7) is 0. The van der Waals surface area contributed by atoms with Gasteiger partial charge >= 0.3 is 0 Å². The molecule has 0 saturated carbocycles. The second-order valence-electron chi connectivity index (χ2n) is 4.86. The standard InChI is InChI=1S/C17H11ClN2/c18-17-19-14-10-12-8-4-5-9-13(12)15(14)16(20-17)11-6-2-1-3-7-11/h1-9H,10H2. The van der Waals surface area contributed by atoms with Crippen molar-refractivity contribution in [1.82, 2.24) is 9.97 Å². The molecule has 0 fully saturated rings. The maximum atomic E-state index is 6.10. The molecule has 1 aliphatic carbocycles.